The summed E-state index contributed by atoms with van der Waals surface area (Å²) >= 11 is 0. The predicted molar refractivity (Wildman–Crippen MR) is 58.7 cm³/mol. The summed E-state index contributed by atoms with van der Waals surface area (Å²) in [7, 11) is 1.66. The molecule has 3 heteroatoms. The highest BCUT2D eigenvalue weighted by atomic mass is 16.5. The highest BCUT2D eigenvalue weighted by molar-refractivity contribution is 5.77. The van der Waals surface area contributed by atoms with Gasteiger partial charge in [0.05, 0.1) is 13.5 Å². The van der Waals surface area contributed by atoms with Crippen LogP contribution in [0.25, 0.3) is 0 Å². The molecule has 1 saturated carbocycles. The number of benzene rings is 1. The molecule has 1 aromatic carbocycles. The van der Waals surface area contributed by atoms with Gasteiger partial charge in [-0.3, -0.25) is 4.79 Å². The number of carbonyl (C=O) groups excluding carboxylic acids is 1. The van der Waals surface area contributed by atoms with E-state index in [2.05, 4.69) is 0 Å². The summed E-state index contributed by atoms with van der Waals surface area (Å²) in [6.45, 7) is 0. The number of carbonyl (C=O) groups is 1. The van der Waals surface area contributed by atoms with E-state index < -0.39 is 0 Å². The fourth-order valence-corrected chi connectivity index (χ4v) is 2.41. The van der Waals surface area contributed by atoms with Gasteiger partial charge in [-0.1, -0.05) is 0 Å². The minimum atomic E-state index is -0.102. The topological polar surface area (TPSA) is 35.5 Å². The van der Waals surface area contributed by atoms with Crippen LogP contribution in [-0.2, 0) is 4.79 Å². The van der Waals surface area contributed by atoms with Gasteiger partial charge >= 0.3 is 5.97 Å². The molecule has 16 heavy (non-hydrogen) atoms. The quantitative estimate of drug-likeness (QED) is 0.565. The molecule has 0 saturated heterocycles. The second-order valence-electron chi connectivity index (χ2n) is 4.53. The lowest BCUT2D eigenvalue weighted by atomic mass is 9.88. The van der Waals surface area contributed by atoms with Gasteiger partial charge in [0.1, 0.15) is 11.5 Å². The summed E-state index contributed by atoms with van der Waals surface area (Å²) in [5.74, 6) is 2.45. The van der Waals surface area contributed by atoms with Gasteiger partial charge in [0, 0.05) is 11.5 Å². The fourth-order valence-electron chi connectivity index (χ4n) is 2.41. The van der Waals surface area contributed by atoms with Crippen molar-refractivity contribution < 1.29 is 14.3 Å². The third-order valence-electron chi connectivity index (χ3n) is 3.42. The number of hydrogen-bond acceptors (Lipinski definition) is 3. The molecule has 0 bridgehead atoms. The lowest BCUT2D eigenvalue weighted by Gasteiger charge is -2.24. The molecule has 0 radical (unpaired) electrons. The molecule has 1 atom stereocenters. The maximum atomic E-state index is 11.5. The van der Waals surface area contributed by atoms with E-state index in [1.165, 1.54) is 12.8 Å². The Morgan fingerprint density at radius 3 is 2.88 bits per heavy atom. The van der Waals surface area contributed by atoms with Crippen molar-refractivity contribution in [1.29, 1.82) is 0 Å². The molecule has 1 aliphatic heterocycles. The van der Waals surface area contributed by atoms with E-state index in [9.17, 15) is 4.79 Å². The van der Waals surface area contributed by atoms with Crippen molar-refractivity contribution in [3.63, 3.8) is 0 Å². The standard InChI is InChI=1S/C13H14O3/c1-15-9-4-5-12-11(6-9)10(8-2-3-8)7-13(14)16-12/h4-6,8,10H,2-3,7H2,1H3. The van der Waals surface area contributed by atoms with E-state index in [-0.39, 0.29) is 5.97 Å². The Bertz CT molecular complexity index is 435. The molecule has 84 valence electrons. The summed E-state index contributed by atoms with van der Waals surface area (Å²) in [6, 6.07) is 5.67. The Morgan fingerprint density at radius 1 is 1.38 bits per heavy atom. The summed E-state index contributed by atoms with van der Waals surface area (Å²) < 4.78 is 10.5. The average molecular weight is 218 g/mol. The fraction of sp³-hybridized carbons (Fsp3) is 0.462. The van der Waals surface area contributed by atoms with Crippen molar-refractivity contribution in [3.8, 4) is 11.5 Å². The van der Waals surface area contributed by atoms with E-state index in [0.29, 0.717) is 24.0 Å². The van der Waals surface area contributed by atoms with Crippen molar-refractivity contribution in [2.75, 3.05) is 7.11 Å². The first-order valence-electron chi connectivity index (χ1n) is 5.66. The van der Waals surface area contributed by atoms with Crippen molar-refractivity contribution in [1.82, 2.24) is 0 Å². The number of fused-ring (bicyclic) bond motifs is 1. The maximum Gasteiger partial charge on any atom is 0.311 e. The molecule has 2 aliphatic rings. The van der Waals surface area contributed by atoms with E-state index >= 15 is 0 Å². The van der Waals surface area contributed by atoms with E-state index in [4.69, 9.17) is 9.47 Å². The van der Waals surface area contributed by atoms with Crippen molar-refractivity contribution in [2.45, 2.75) is 25.2 Å². The normalized spacial score (nSPS) is 23.6. The Morgan fingerprint density at radius 2 is 2.19 bits per heavy atom. The summed E-state index contributed by atoms with van der Waals surface area (Å²) in [4.78, 5) is 11.5. The van der Waals surface area contributed by atoms with Gasteiger partial charge in [-0.05, 0) is 37.0 Å². The number of rotatable bonds is 2. The van der Waals surface area contributed by atoms with Crippen LogP contribution in [0.3, 0.4) is 0 Å². The van der Waals surface area contributed by atoms with Gasteiger partial charge < -0.3 is 9.47 Å². The molecule has 1 heterocycles. The highest BCUT2D eigenvalue weighted by Crippen LogP contribution is 2.49. The summed E-state index contributed by atoms with van der Waals surface area (Å²) in [6.07, 6.45) is 2.98. The first-order valence-corrected chi connectivity index (χ1v) is 5.66. The number of ether oxygens (including phenoxy) is 2. The van der Waals surface area contributed by atoms with Crippen molar-refractivity contribution >= 4 is 5.97 Å². The molecule has 3 nitrogen and oxygen atoms in total. The second-order valence-corrected chi connectivity index (χ2v) is 4.53. The van der Waals surface area contributed by atoms with Gasteiger partial charge in [-0.2, -0.15) is 0 Å². The third kappa shape index (κ3) is 1.56. The Balaban J connectivity index is 2.03. The van der Waals surface area contributed by atoms with Crippen LogP contribution < -0.4 is 9.47 Å². The van der Waals surface area contributed by atoms with E-state index in [1.807, 2.05) is 18.2 Å². The monoisotopic (exact) mass is 218 g/mol. The first-order chi connectivity index (χ1) is 7.78. The minimum Gasteiger partial charge on any atom is -0.497 e. The van der Waals surface area contributed by atoms with Crippen LogP contribution in [0.4, 0.5) is 0 Å². The maximum absolute atomic E-state index is 11.5. The molecular weight excluding hydrogens is 204 g/mol. The van der Waals surface area contributed by atoms with Gasteiger partial charge in [0.2, 0.25) is 0 Å². The van der Waals surface area contributed by atoms with Crippen molar-refractivity contribution in [2.24, 2.45) is 5.92 Å². The Kier molecular flexibility index (Phi) is 2.13. The minimum absolute atomic E-state index is 0.102. The van der Waals surface area contributed by atoms with Crippen LogP contribution in [0.2, 0.25) is 0 Å². The zero-order valence-corrected chi connectivity index (χ0v) is 9.23. The molecule has 1 unspecified atom stereocenters. The number of hydrogen-bond donors (Lipinski definition) is 0. The van der Waals surface area contributed by atoms with Gasteiger partial charge in [-0.25, -0.2) is 0 Å². The molecule has 0 N–H and O–H groups in total. The zero-order valence-electron chi connectivity index (χ0n) is 9.23. The molecule has 0 amide bonds. The van der Waals surface area contributed by atoms with Crippen LogP contribution in [0, 0.1) is 5.92 Å². The van der Waals surface area contributed by atoms with Crippen LogP contribution in [-0.4, -0.2) is 13.1 Å². The highest BCUT2D eigenvalue weighted by Gasteiger charge is 2.38. The Hall–Kier alpha value is -1.51. The van der Waals surface area contributed by atoms with Crippen LogP contribution in [0.5, 0.6) is 11.5 Å². The number of esters is 1. The first kappa shape index (κ1) is 9.70. The second kappa shape index (κ2) is 3.51. The van der Waals surface area contributed by atoms with Gasteiger partial charge in [0.25, 0.3) is 0 Å². The SMILES string of the molecule is COc1ccc2c(c1)C(C1CC1)CC(=O)O2. The van der Waals surface area contributed by atoms with Crippen LogP contribution in [0.15, 0.2) is 18.2 Å². The van der Waals surface area contributed by atoms with E-state index in [1.54, 1.807) is 7.11 Å². The van der Waals surface area contributed by atoms with Crippen LogP contribution >= 0.6 is 0 Å². The molecule has 1 aromatic rings. The van der Waals surface area contributed by atoms with E-state index in [0.717, 1.165) is 11.3 Å². The number of methoxy groups -OCH3 is 1. The lowest BCUT2D eigenvalue weighted by Crippen LogP contribution is -2.21. The van der Waals surface area contributed by atoms with Crippen LogP contribution in [0.1, 0.15) is 30.7 Å². The zero-order chi connectivity index (χ0) is 11.1. The largest absolute Gasteiger partial charge is 0.497 e. The molecule has 1 aliphatic carbocycles. The average Bonchev–Trinajstić information content (AvgIpc) is 3.11. The molecule has 1 fully saturated rings. The smallest absolute Gasteiger partial charge is 0.311 e. The van der Waals surface area contributed by atoms with Gasteiger partial charge in [-0.15, -0.1) is 0 Å². The Labute approximate surface area is 94.4 Å². The molecule has 0 aromatic heterocycles. The van der Waals surface area contributed by atoms with Crippen molar-refractivity contribution in [3.05, 3.63) is 23.8 Å². The summed E-state index contributed by atoms with van der Waals surface area (Å²) in [5, 5.41) is 0. The lowest BCUT2D eigenvalue weighted by molar-refractivity contribution is -0.136. The molecular formula is C13H14O3. The molecule has 3 rings (SSSR count). The molecule has 0 spiro atoms. The van der Waals surface area contributed by atoms with Gasteiger partial charge in [0.15, 0.2) is 0 Å². The summed E-state index contributed by atoms with van der Waals surface area (Å²) in [5.41, 5.74) is 1.14. The predicted octanol–water partition coefficient (Wildman–Crippen LogP) is 2.50. The third-order valence-corrected chi connectivity index (χ3v) is 3.42.